The van der Waals surface area contributed by atoms with Crippen LogP contribution in [0.15, 0.2) is 18.2 Å². The van der Waals surface area contributed by atoms with Gasteiger partial charge in [-0.25, -0.2) is 0 Å². The van der Waals surface area contributed by atoms with Crippen LogP contribution in [-0.4, -0.2) is 41.6 Å². The average molecular weight is 297 g/mol. The minimum absolute atomic E-state index is 0.0338. The van der Waals surface area contributed by atoms with Crippen molar-refractivity contribution < 1.29 is 19.4 Å². The molecule has 0 unspecified atom stereocenters. The maximum atomic E-state index is 11.5. The van der Waals surface area contributed by atoms with Gasteiger partial charge in [-0.05, 0) is 31.0 Å². The van der Waals surface area contributed by atoms with Crippen LogP contribution in [0.25, 0.3) is 0 Å². The summed E-state index contributed by atoms with van der Waals surface area (Å²) in [6, 6.07) is 5.71. The Hall–Kier alpha value is -1.69. The highest BCUT2D eigenvalue weighted by atomic mass is 32.2. The van der Waals surface area contributed by atoms with Gasteiger partial charge in [0.25, 0.3) is 5.91 Å². The highest BCUT2D eigenvalue weighted by Crippen LogP contribution is 2.20. The second kappa shape index (κ2) is 8.47. The number of rotatable bonds is 8. The summed E-state index contributed by atoms with van der Waals surface area (Å²) in [6.45, 7) is 4.34. The number of hydrogen-bond donors (Lipinski definition) is 2. The van der Waals surface area contributed by atoms with Gasteiger partial charge in [-0.3, -0.25) is 9.59 Å². The van der Waals surface area contributed by atoms with Crippen LogP contribution in [0.4, 0.5) is 0 Å². The molecule has 0 spiro atoms. The maximum absolute atomic E-state index is 11.5. The van der Waals surface area contributed by atoms with E-state index in [4.69, 9.17) is 9.84 Å². The van der Waals surface area contributed by atoms with Crippen molar-refractivity contribution >= 4 is 23.6 Å². The lowest BCUT2D eigenvalue weighted by atomic mass is 10.1. The summed E-state index contributed by atoms with van der Waals surface area (Å²) < 4.78 is 5.46. The highest BCUT2D eigenvalue weighted by Gasteiger charge is 2.05. The Labute approximate surface area is 122 Å². The molecule has 0 atom stereocenters. The smallest absolute Gasteiger partial charge is 0.313 e. The number of aliphatic carboxylic acids is 1. The zero-order valence-electron chi connectivity index (χ0n) is 11.6. The molecule has 0 saturated carbocycles. The Kier molecular flexibility index (Phi) is 6.93. The summed E-state index contributed by atoms with van der Waals surface area (Å²) in [5, 5.41) is 11.1. The molecule has 0 aliphatic carbocycles. The highest BCUT2D eigenvalue weighted by molar-refractivity contribution is 7.99. The van der Waals surface area contributed by atoms with E-state index in [2.05, 4.69) is 5.32 Å². The molecule has 0 bridgehead atoms. The van der Waals surface area contributed by atoms with Crippen molar-refractivity contribution in [2.45, 2.75) is 13.8 Å². The van der Waals surface area contributed by atoms with E-state index in [1.165, 1.54) is 11.8 Å². The van der Waals surface area contributed by atoms with Crippen molar-refractivity contribution in [3.05, 3.63) is 29.3 Å². The number of benzene rings is 1. The topological polar surface area (TPSA) is 75.6 Å². The van der Waals surface area contributed by atoms with Gasteiger partial charge in [-0.15, -0.1) is 11.8 Å². The number of carboxylic acid groups (broad SMARTS) is 1. The quantitative estimate of drug-likeness (QED) is 0.713. The van der Waals surface area contributed by atoms with Crippen LogP contribution in [-0.2, 0) is 9.59 Å². The van der Waals surface area contributed by atoms with E-state index in [0.29, 0.717) is 18.0 Å². The SMILES string of the molecule is Cc1cccc(OCC(=O)NCCSCC(=O)O)c1C. The van der Waals surface area contributed by atoms with Gasteiger partial charge in [0.15, 0.2) is 6.61 Å². The minimum atomic E-state index is -0.848. The van der Waals surface area contributed by atoms with E-state index >= 15 is 0 Å². The molecule has 0 fully saturated rings. The molecule has 110 valence electrons. The third-order valence-corrected chi connectivity index (χ3v) is 3.65. The summed E-state index contributed by atoms with van der Waals surface area (Å²) >= 11 is 1.27. The molecule has 6 heteroatoms. The molecule has 0 aromatic heterocycles. The van der Waals surface area contributed by atoms with Crippen LogP contribution in [0.1, 0.15) is 11.1 Å². The third-order valence-electron chi connectivity index (χ3n) is 2.71. The fourth-order valence-corrected chi connectivity index (χ4v) is 2.06. The second-order valence-electron chi connectivity index (χ2n) is 4.28. The molecule has 1 aromatic carbocycles. The molecule has 0 saturated heterocycles. The summed E-state index contributed by atoms with van der Waals surface area (Å²) in [5.41, 5.74) is 2.14. The maximum Gasteiger partial charge on any atom is 0.313 e. The number of ether oxygens (including phenoxy) is 1. The zero-order chi connectivity index (χ0) is 15.0. The van der Waals surface area contributed by atoms with Crippen LogP contribution in [0, 0.1) is 13.8 Å². The standard InChI is InChI=1S/C14H19NO4S/c1-10-4-3-5-12(11(10)2)19-8-13(16)15-6-7-20-9-14(17)18/h3-5H,6-9H2,1-2H3,(H,15,16)(H,17,18). The first-order valence-electron chi connectivity index (χ1n) is 6.26. The molecular formula is C14H19NO4S. The Morgan fingerprint density at radius 1 is 1.35 bits per heavy atom. The van der Waals surface area contributed by atoms with Gasteiger partial charge in [0.05, 0.1) is 5.75 Å². The van der Waals surface area contributed by atoms with E-state index in [1.54, 1.807) is 0 Å². The molecule has 20 heavy (non-hydrogen) atoms. The Morgan fingerprint density at radius 3 is 2.80 bits per heavy atom. The van der Waals surface area contributed by atoms with Crippen molar-refractivity contribution in [3.8, 4) is 5.75 Å². The first-order chi connectivity index (χ1) is 9.50. The van der Waals surface area contributed by atoms with Crippen molar-refractivity contribution in [2.24, 2.45) is 0 Å². The van der Waals surface area contributed by atoms with Gasteiger partial charge in [0, 0.05) is 12.3 Å². The van der Waals surface area contributed by atoms with Gasteiger partial charge >= 0.3 is 5.97 Å². The van der Waals surface area contributed by atoms with Crippen molar-refractivity contribution in [2.75, 3.05) is 24.7 Å². The van der Waals surface area contributed by atoms with Gasteiger partial charge in [-0.2, -0.15) is 0 Å². The molecule has 1 rings (SSSR count). The van der Waals surface area contributed by atoms with E-state index in [1.807, 2.05) is 32.0 Å². The van der Waals surface area contributed by atoms with Gasteiger partial charge in [-0.1, -0.05) is 12.1 Å². The fraction of sp³-hybridized carbons (Fsp3) is 0.429. The second-order valence-corrected chi connectivity index (χ2v) is 5.39. The number of amides is 1. The van der Waals surface area contributed by atoms with Crippen LogP contribution in [0.5, 0.6) is 5.75 Å². The van der Waals surface area contributed by atoms with E-state index in [-0.39, 0.29) is 18.3 Å². The van der Waals surface area contributed by atoms with Crippen LogP contribution < -0.4 is 10.1 Å². The number of carbonyl (C=O) groups is 2. The summed E-state index contributed by atoms with van der Waals surface area (Å²) in [6.07, 6.45) is 0. The number of hydrogen-bond acceptors (Lipinski definition) is 4. The number of carbonyl (C=O) groups excluding carboxylic acids is 1. The van der Waals surface area contributed by atoms with Crippen LogP contribution >= 0.6 is 11.8 Å². The predicted molar refractivity (Wildman–Crippen MR) is 79.4 cm³/mol. The number of aryl methyl sites for hydroxylation is 1. The van der Waals surface area contributed by atoms with Crippen molar-refractivity contribution in [1.82, 2.24) is 5.32 Å². The van der Waals surface area contributed by atoms with E-state index in [9.17, 15) is 9.59 Å². The lowest BCUT2D eigenvalue weighted by Gasteiger charge is -2.10. The van der Waals surface area contributed by atoms with Crippen LogP contribution in [0.2, 0.25) is 0 Å². The first kappa shape index (κ1) is 16.4. The Bertz CT molecular complexity index is 476. The van der Waals surface area contributed by atoms with E-state index in [0.717, 1.165) is 11.1 Å². The largest absolute Gasteiger partial charge is 0.483 e. The molecule has 0 heterocycles. The van der Waals surface area contributed by atoms with E-state index < -0.39 is 5.97 Å². The molecule has 1 amide bonds. The molecule has 0 aliphatic heterocycles. The lowest BCUT2D eigenvalue weighted by molar-refractivity contribution is -0.133. The molecule has 1 aromatic rings. The van der Waals surface area contributed by atoms with Gasteiger partial charge in [0.1, 0.15) is 5.75 Å². The number of thioether (sulfide) groups is 1. The predicted octanol–water partition coefficient (Wildman–Crippen LogP) is 1.62. The number of carboxylic acids is 1. The average Bonchev–Trinajstić information content (AvgIpc) is 2.39. The normalized spacial score (nSPS) is 10.1. The molecule has 0 aliphatic rings. The lowest BCUT2D eigenvalue weighted by Crippen LogP contribution is -2.30. The zero-order valence-corrected chi connectivity index (χ0v) is 12.5. The van der Waals surface area contributed by atoms with Crippen molar-refractivity contribution in [1.29, 1.82) is 0 Å². The van der Waals surface area contributed by atoms with Crippen LogP contribution in [0.3, 0.4) is 0 Å². The summed E-state index contributed by atoms with van der Waals surface area (Å²) in [4.78, 5) is 21.8. The molecule has 0 radical (unpaired) electrons. The summed E-state index contributed by atoms with van der Waals surface area (Å²) in [7, 11) is 0. The molecule has 2 N–H and O–H groups in total. The van der Waals surface area contributed by atoms with Crippen molar-refractivity contribution in [3.63, 3.8) is 0 Å². The minimum Gasteiger partial charge on any atom is -0.483 e. The monoisotopic (exact) mass is 297 g/mol. The molecule has 5 nitrogen and oxygen atoms in total. The first-order valence-corrected chi connectivity index (χ1v) is 7.41. The van der Waals surface area contributed by atoms with Gasteiger partial charge < -0.3 is 15.2 Å². The fourth-order valence-electron chi connectivity index (χ4n) is 1.50. The summed E-state index contributed by atoms with van der Waals surface area (Å²) in [5.74, 6) is 0.276. The van der Waals surface area contributed by atoms with Gasteiger partial charge in [0.2, 0.25) is 0 Å². The Balaban J connectivity index is 2.23. The molecular weight excluding hydrogens is 278 g/mol. The Morgan fingerprint density at radius 2 is 2.10 bits per heavy atom. The third kappa shape index (κ3) is 5.97. The number of nitrogens with one attached hydrogen (secondary N) is 1.